The molecule has 0 unspecified atom stereocenters. The monoisotopic (exact) mass is 382 g/mol. The average molecular weight is 383 g/mol. The van der Waals surface area contributed by atoms with E-state index in [4.69, 9.17) is 9.72 Å². The molecule has 1 saturated heterocycles. The number of rotatable bonds is 6. The molecule has 1 aromatic heterocycles. The number of methoxy groups -OCH3 is 1. The van der Waals surface area contributed by atoms with Crippen LogP contribution in [0.2, 0.25) is 0 Å². The van der Waals surface area contributed by atoms with Crippen LogP contribution in [0.15, 0.2) is 30.3 Å². The van der Waals surface area contributed by atoms with Crippen LogP contribution in [-0.2, 0) is 11.2 Å². The van der Waals surface area contributed by atoms with Crippen molar-refractivity contribution < 1.29 is 9.53 Å². The average Bonchev–Trinajstić information content (AvgIpc) is 2.71. The molecular weight excluding hydrogens is 352 g/mol. The largest absolute Gasteiger partial charge is 0.497 e. The highest BCUT2D eigenvalue weighted by Gasteiger charge is 2.22. The first-order valence-corrected chi connectivity index (χ1v) is 9.97. The van der Waals surface area contributed by atoms with Crippen molar-refractivity contribution in [1.29, 1.82) is 0 Å². The molecule has 6 heteroatoms. The van der Waals surface area contributed by atoms with E-state index in [0.29, 0.717) is 12.3 Å². The minimum absolute atomic E-state index is 0.212. The van der Waals surface area contributed by atoms with E-state index < -0.39 is 0 Å². The maximum absolute atomic E-state index is 12.6. The number of nitrogens with zero attached hydrogens (tertiary/aromatic N) is 4. The number of hydrogen-bond donors (Lipinski definition) is 0. The fourth-order valence-electron chi connectivity index (χ4n) is 3.42. The van der Waals surface area contributed by atoms with Crippen molar-refractivity contribution >= 4 is 11.7 Å². The molecule has 0 N–H and O–H groups in total. The van der Waals surface area contributed by atoms with Crippen molar-refractivity contribution in [3.05, 3.63) is 47.4 Å². The number of carbonyl (C=O) groups excluding carboxylic acids is 1. The van der Waals surface area contributed by atoms with E-state index in [-0.39, 0.29) is 5.91 Å². The molecule has 28 heavy (non-hydrogen) atoms. The highest BCUT2D eigenvalue weighted by molar-refractivity contribution is 5.76. The second-order valence-corrected chi connectivity index (χ2v) is 7.60. The number of benzene rings is 1. The maximum Gasteiger partial charge on any atom is 0.223 e. The third-order valence-electron chi connectivity index (χ3n) is 5.09. The molecule has 0 bridgehead atoms. The van der Waals surface area contributed by atoms with Crippen LogP contribution in [0.1, 0.15) is 43.3 Å². The van der Waals surface area contributed by atoms with Gasteiger partial charge in [0, 0.05) is 50.3 Å². The van der Waals surface area contributed by atoms with Crippen molar-refractivity contribution in [2.75, 3.05) is 38.2 Å². The molecule has 1 amide bonds. The van der Waals surface area contributed by atoms with E-state index >= 15 is 0 Å². The smallest absolute Gasteiger partial charge is 0.223 e. The van der Waals surface area contributed by atoms with Gasteiger partial charge in [-0.25, -0.2) is 9.97 Å². The van der Waals surface area contributed by atoms with E-state index in [0.717, 1.165) is 61.2 Å². The second-order valence-electron chi connectivity index (χ2n) is 7.60. The van der Waals surface area contributed by atoms with Crippen LogP contribution in [0.4, 0.5) is 5.82 Å². The van der Waals surface area contributed by atoms with Crippen molar-refractivity contribution in [2.24, 2.45) is 0 Å². The first kappa shape index (κ1) is 20.1. The molecule has 0 saturated carbocycles. The highest BCUT2D eigenvalue weighted by Crippen LogP contribution is 2.19. The molecule has 150 valence electrons. The zero-order chi connectivity index (χ0) is 20.1. The molecule has 0 atom stereocenters. The number of piperazine rings is 1. The lowest BCUT2D eigenvalue weighted by molar-refractivity contribution is -0.131. The van der Waals surface area contributed by atoms with Gasteiger partial charge in [0.2, 0.25) is 5.91 Å². The summed E-state index contributed by atoms with van der Waals surface area (Å²) in [6, 6.07) is 9.95. The Kier molecular flexibility index (Phi) is 6.49. The summed E-state index contributed by atoms with van der Waals surface area (Å²) in [6.07, 6.45) is 1.26. The van der Waals surface area contributed by atoms with Crippen LogP contribution in [0, 0.1) is 6.92 Å². The molecule has 3 rings (SSSR count). The third-order valence-corrected chi connectivity index (χ3v) is 5.09. The molecule has 1 aliphatic heterocycles. The fourth-order valence-corrected chi connectivity index (χ4v) is 3.42. The lowest BCUT2D eigenvalue weighted by Crippen LogP contribution is -2.49. The van der Waals surface area contributed by atoms with E-state index in [9.17, 15) is 4.79 Å². The molecule has 0 radical (unpaired) electrons. The van der Waals surface area contributed by atoms with Crippen molar-refractivity contribution in [3.8, 4) is 5.75 Å². The number of hydrogen-bond acceptors (Lipinski definition) is 5. The summed E-state index contributed by atoms with van der Waals surface area (Å²) in [5.41, 5.74) is 2.12. The van der Waals surface area contributed by atoms with Crippen LogP contribution >= 0.6 is 0 Å². The van der Waals surface area contributed by atoms with Crippen molar-refractivity contribution in [2.45, 2.75) is 39.5 Å². The summed E-state index contributed by atoms with van der Waals surface area (Å²) in [4.78, 5) is 26.1. The minimum atomic E-state index is 0.212. The second kappa shape index (κ2) is 9.04. The van der Waals surface area contributed by atoms with Gasteiger partial charge in [0.25, 0.3) is 0 Å². The Balaban J connectivity index is 1.54. The lowest BCUT2D eigenvalue weighted by Gasteiger charge is -2.35. The molecule has 1 aromatic carbocycles. The van der Waals surface area contributed by atoms with Crippen LogP contribution in [0.3, 0.4) is 0 Å². The van der Waals surface area contributed by atoms with E-state index in [1.54, 1.807) is 7.11 Å². The van der Waals surface area contributed by atoms with Crippen LogP contribution in [-0.4, -0.2) is 54.1 Å². The van der Waals surface area contributed by atoms with Gasteiger partial charge in [0.15, 0.2) is 0 Å². The predicted octanol–water partition coefficient (Wildman–Crippen LogP) is 3.20. The van der Waals surface area contributed by atoms with Crippen LogP contribution in [0.25, 0.3) is 0 Å². The fraction of sp³-hybridized carbons (Fsp3) is 0.500. The van der Waals surface area contributed by atoms with Gasteiger partial charge in [-0.15, -0.1) is 0 Å². The Hall–Kier alpha value is -2.63. The normalized spacial score (nSPS) is 14.5. The molecular formula is C22H30N4O2. The number of aromatic nitrogens is 2. The number of aryl methyl sites for hydroxylation is 2. The number of anilines is 1. The molecule has 2 heterocycles. The van der Waals surface area contributed by atoms with Gasteiger partial charge in [-0.2, -0.15) is 0 Å². The van der Waals surface area contributed by atoms with Gasteiger partial charge in [-0.3, -0.25) is 4.79 Å². The Morgan fingerprint density at radius 3 is 2.57 bits per heavy atom. The van der Waals surface area contributed by atoms with Gasteiger partial charge >= 0.3 is 0 Å². The molecule has 1 aliphatic rings. The topological polar surface area (TPSA) is 58.6 Å². The summed E-state index contributed by atoms with van der Waals surface area (Å²) in [5.74, 6) is 3.20. The van der Waals surface area contributed by atoms with Gasteiger partial charge < -0.3 is 14.5 Å². The quantitative estimate of drug-likeness (QED) is 0.768. The summed E-state index contributed by atoms with van der Waals surface area (Å²) in [6.45, 7) is 9.30. The van der Waals surface area contributed by atoms with E-state index in [1.165, 1.54) is 0 Å². The molecule has 0 aliphatic carbocycles. The molecule has 0 spiro atoms. The SMILES string of the molecule is COc1cccc(CCC(=O)N2CCN(c3cc(C)nc(C(C)C)n3)CC2)c1. The Morgan fingerprint density at radius 2 is 1.89 bits per heavy atom. The summed E-state index contributed by atoms with van der Waals surface area (Å²) < 4.78 is 5.25. The summed E-state index contributed by atoms with van der Waals surface area (Å²) in [7, 11) is 1.66. The molecule has 6 nitrogen and oxygen atoms in total. The standard InChI is InChI=1S/C22H30N4O2/c1-16(2)22-23-17(3)14-20(24-22)25-10-12-26(13-11-25)21(27)9-8-18-6-5-7-19(15-18)28-4/h5-7,14-16H,8-13H2,1-4H3. The predicted molar refractivity (Wildman–Crippen MR) is 111 cm³/mol. The Labute approximate surface area is 167 Å². The maximum atomic E-state index is 12.6. The molecule has 2 aromatic rings. The minimum Gasteiger partial charge on any atom is -0.497 e. The van der Waals surface area contributed by atoms with Crippen molar-refractivity contribution in [1.82, 2.24) is 14.9 Å². The summed E-state index contributed by atoms with van der Waals surface area (Å²) in [5, 5.41) is 0. The van der Waals surface area contributed by atoms with Crippen molar-refractivity contribution in [3.63, 3.8) is 0 Å². The van der Waals surface area contributed by atoms with Crippen LogP contribution < -0.4 is 9.64 Å². The molecule has 1 fully saturated rings. The van der Waals surface area contributed by atoms with Gasteiger partial charge in [-0.1, -0.05) is 26.0 Å². The van der Waals surface area contributed by atoms with Gasteiger partial charge in [-0.05, 0) is 31.0 Å². The Bertz CT molecular complexity index is 814. The lowest BCUT2D eigenvalue weighted by atomic mass is 10.1. The first-order chi connectivity index (χ1) is 13.5. The summed E-state index contributed by atoms with van der Waals surface area (Å²) >= 11 is 0. The van der Waals surface area contributed by atoms with Gasteiger partial charge in [0.05, 0.1) is 7.11 Å². The first-order valence-electron chi connectivity index (χ1n) is 9.97. The van der Waals surface area contributed by atoms with E-state index in [1.807, 2.05) is 42.2 Å². The Morgan fingerprint density at radius 1 is 1.14 bits per heavy atom. The van der Waals surface area contributed by atoms with Crippen LogP contribution in [0.5, 0.6) is 5.75 Å². The van der Waals surface area contributed by atoms with Gasteiger partial charge in [0.1, 0.15) is 17.4 Å². The third kappa shape index (κ3) is 5.00. The number of carbonyl (C=O) groups is 1. The number of amides is 1. The van der Waals surface area contributed by atoms with E-state index in [2.05, 4.69) is 23.7 Å². The zero-order valence-electron chi connectivity index (χ0n) is 17.3. The number of ether oxygens (including phenoxy) is 1. The highest BCUT2D eigenvalue weighted by atomic mass is 16.5. The zero-order valence-corrected chi connectivity index (χ0v) is 17.3.